The Hall–Kier alpha value is -1.46. The highest BCUT2D eigenvalue weighted by Gasteiger charge is 2.16. The Bertz CT molecular complexity index is 483. The van der Waals surface area contributed by atoms with E-state index in [2.05, 4.69) is 15.1 Å². The first-order valence-corrected chi connectivity index (χ1v) is 5.30. The van der Waals surface area contributed by atoms with Crippen LogP contribution in [0, 0.1) is 0 Å². The minimum absolute atomic E-state index is 0.130. The minimum Gasteiger partial charge on any atom is -0.391 e. The molecule has 0 spiro atoms. The van der Waals surface area contributed by atoms with Crippen LogP contribution in [0.5, 0.6) is 0 Å². The molecule has 0 aliphatic heterocycles. The highest BCUT2D eigenvalue weighted by atomic mass is 35.5. The maximum atomic E-state index is 9.21. The second kappa shape index (κ2) is 4.59. The molecule has 2 aromatic heterocycles. The van der Waals surface area contributed by atoms with Crippen molar-refractivity contribution in [2.75, 3.05) is 0 Å². The van der Waals surface area contributed by atoms with Crippen molar-refractivity contribution in [2.45, 2.75) is 20.0 Å². The Labute approximate surface area is 97.7 Å². The molecule has 0 unspecified atom stereocenters. The van der Waals surface area contributed by atoms with E-state index in [9.17, 15) is 5.11 Å². The van der Waals surface area contributed by atoms with Crippen LogP contribution in [-0.4, -0.2) is 24.9 Å². The van der Waals surface area contributed by atoms with Crippen LogP contribution in [0.2, 0.25) is 5.15 Å². The molecular formula is C10H11ClN4O. The third-order valence-electron chi connectivity index (χ3n) is 2.24. The minimum atomic E-state index is -0.130. The van der Waals surface area contributed by atoms with E-state index in [1.807, 2.05) is 6.92 Å². The number of hydrogen-bond donors (Lipinski definition) is 1. The van der Waals surface area contributed by atoms with Gasteiger partial charge >= 0.3 is 0 Å². The van der Waals surface area contributed by atoms with Gasteiger partial charge in [-0.15, -0.1) is 0 Å². The molecule has 0 radical (unpaired) electrons. The van der Waals surface area contributed by atoms with Crippen LogP contribution in [0.1, 0.15) is 18.2 Å². The third-order valence-corrected chi connectivity index (χ3v) is 2.63. The average Bonchev–Trinajstić information content (AvgIpc) is 2.66. The molecule has 6 heteroatoms. The quantitative estimate of drug-likeness (QED) is 0.877. The van der Waals surface area contributed by atoms with Crippen LogP contribution in [0.15, 0.2) is 18.5 Å². The van der Waals surface area contributed by atoms with Gasteiger partial charge in [0.15, 0.2) is 0 Å². The number of rotatable bonds is 3. The second-order valence-corrected chi connectivity index (χ2v) is 3.55. The van der Waals surface area contributed by atoms with Crippen molar-refractivity contribution >= 4 is 11.6 Å². The summed E-state index contributed by atoms with van der Waals surface area (Å²) in [7, 11) is 0. The van der Waals surface area contributed by atoms with E-state index < -0.39 is 0 Å². The van der Waals surface area contributed by atoms with Crippen LogP contribution >= 0.6 is 11.6 Å². The molecule has 84 valence electrons. The Balaban J connectivity index is 2.54. The van der Waals surface area contributed by atoms with E-state index in [0.29, 0.717) is 23.1 Å². The zero-order valence-electron chi connectivity index (χ0n) is 8.76. The molecule has 0 aliphatic rings. The summed E-state index contributed by atoms with van der Waals surface area (Å²) in [5, 5.41) is 13.8. The Kier molecular flexibility index (Phi) is 3.17. The average molecular weight is 239 g/mol. The lowest BCUT2D eigenvalue weighted by Gasteiger charge is -1.99. The molecule has 0 fully saturated rings. The number of aryl methyl sites for hydroxylation is 1. The van der Waals surface area contributed by atoms with E-state index in [4.69, 9.17) is 11.6 Å². The zero-order chi connectivity index (χ0) is 11.5. The van der Waals surface area contributed by atoms with Crippen LogP contribution in [-0.2, 0) is 13.0 Å². The summed E-state index contributed by atoms with van der Waals surface area (Å²) >= 11 is 6.10. The van der Waals surface area contributed by atoms with Gasteiger partial charge in [0.25, 0.3) is 5.95 Å². The Morgan fingerprint density at radius 2 is 2.06 bits per heavy atom. The van der Waals surface area contributed by atoms with E-state index in [-0.39, 0.29) is 6.61 Å². The summed E-state index contributed by atoms with van der Waals surface area (Å²) in [6.45, 7) is 1.82. The highest BCUT2D eigenvalue weighted by molar-refractivity contribution is 6.30. The lowest BCUT2D eigenvalue weighted by Crippen LogP contribution is -2.02. The van der Waals surface area contributed by atoms with E-state index in [1.165, 1.54) is 4.68 Å². The van der Waals surface area contributed by atoms with Crippen LogP contribution < -0.4 is 0 Å². The molecule has 2 aromatic rings. The molecule has 2 heterocycles. The number of aliphatic hydroxyl groups excluding tert-OH is 1. The second-order valence-electron chi connectivity index (χ2n) is 3.19. The molecule has 2 rings (SSSR count). The summed E-state index contributed by atoms with van der Waals surface area (Å²) in [5.41, 5.74) is 1.40. The van der Waals surface area contributed by atoms with Crippen molar-refractivity contribution in [1.29, 1.82) is 0 Å². The fourth-order valence-electron chi connectivity index (χ4n) is 1.45. The van der Waals surface area contributed by atoms with Gasteiger partial charge in [0.05, 0.1) is 12.3 Å². The molecule has 0 aliphatic carbocycles. The standard InChI is InChI=1S/C10H11ClN4O/c1-2-8-7(6-16)9(11)15(14-8)10-12-4-3-5-13-10/h3-5,16H,2,6H2,1H3. The topological polar surface area (TPSA) is 63.8 Å². The van der Waals surface area contributed by atoms with Crippen molar-refractivity contribution in [3.8, 4) is 5.95 Å². The van der Waals surface area contributed by atoms with Crippen molar-refractivity contribution in [3.05, 3.63) is 34.9 Å². The van der Waals surface area contributed by atoms with Gasteiger partial charge in [0, 0.05) is 18.0 Å². The third kappa shape index (κ3) is 1.79. The van der Waals surface area contributed by atoms with Gasteiger partial charge in [0.1, 0.15) is 5.15 Å². The Morgan fingerprint density at radius 1 is 1.38 bits per heavy atom. The molecule has 0 saturated carbocycles. The summed E-state index contributed by atoms with van der Waals surface area (Å²) in [4.78, 5) is 8.11. The molecule has 1 N–H and O–H groups in total. The van der Waals surface area contributed by atoms with Crippen molar-refractivity contribution in [2.24, 2.45) is 0 Å². The fraction of sp³-hybridized carbons (Fsp3) is 0.300. The first-order valence-electron chi connectivity index (χ1n) is 4.92. The lowest BCUT2D eigenvalue weighted by atomic mass is 10.2. The van der Waals surface area contributed by atoms with Crippen LogP contribution in [0.25, 0.3) is 5.95 Å². The summed E-state index contributed by atoms with van der Waals surface area (Å²) in [6, 6.07) is 1.72. The van der Waals surface area contributed by atoms with Crippen molar-refractivity contribution in [3.63, 3.8) is 0 Å². The smallest absolute Gasteiger partial charge is 0.251 e. The normalized spacial score (nSPS) is 10.7. The van der Waals surface area contributed by atoms with Gasteiger partial charge < -0.3 is 5.11 Å². The number of halogens is 1. The van der Waals surface area contributed by atoms with Gasteiger partial charge in [-0.05, 0) is 12.5 Å². The van der Waals surface area contributed by atoms with Gasteiger partial charge in [-0.3, -0.25) is 0 Å². The summed E-state index contributed by atoms with van der Waals surface area (Å²) in [5.74, 6) is 0.405. The molecule has 0 amide bonds. The molecular weight excluding hydrogens is 228 g/mol. The molecule has 5 nitrogen and oxygen atoms in total. The number of nitrogens with zero attached hydrogens (tertiary/aromatic N) is 4. The fourth-order valence-corrected chi connectivity index (χ4v) is 1.73. The summed E-state index contributed by atoms with van der Waals surface area (Å²) in [6.07, 6.45) is 3.94. The zero-order valence-corrected chi connectivity index (χ0v) is 9.52. The van der Waals surface area contributed by atoms with Gasteiger partial charge in [-0.25, -0.2) is 9.97 Å². The van der Waals surface area contributed by atoms with Crippen LogP contribution in [0.3, 0.4) is 0 Å². The van der Waals surface area contributed by atoms with Crippen molar-refractivity contribution in [1.82, 2.24) is 19.7 Å². The SMILES string of the molecule is CCc1nn(-c2ncccn2)c(Cl)c1CO. The molecule has 16 heavy (non-hydrogen) atoms. The van der Waals surface area contributed by atoms with Gasteiger partial charge in [-0.1, -0.05) is 18.5 Å². The first-order chi connectivity index (χ1) is 7.77. The predicted molar refractivity (Wildman–Crippen MR) is 59.5 cm³/mol. The van der Waals surface area contributed by atoms with Gasteiger partial charge in [0.2, 0.25) is 0 Å². The number of aromatic nitrogens is 4. The maximum Gasteiger partial charge on any atom is 0.251 e. The lowest BCUT2D eigenvalue weighted by molar-refractivity contribution is 0.281. The summed E-state index contributed by atoms with van der Waals surface area (Å²) < 4.78 is 1.44. The van der Waals surface area contributed by atoms with Gasteiger partial charge in [-0.2, -0.15) is 9.78 Å². The number of aliphatic hydroxyl groups is 1. The molecule has 0 bridgehead atoms. The van der Waals surface area contributed by atoms with E-state index in [1.54, 1.807) is 18.5 Å². The number of hydrogen-bond acceptors (Lipinski definition) is 4. The highest BCUT2D eigenvalue weighted by Crippen LogP contribution is 2.22. The van der Waals surface area contributed by atoms with Crippen LogP contribution in [0.4, 0.5) is 0 Å². The Morgan fingerprint density at radius 3 is 2.56 bits per heavy atom. The molecule has 0 atom stereocenters. The van der Waals surface area contributed by atoms with E-state index >= 15 is 0 Å². The monoisotopic (exact) mass is 238 g/mol. The first kappa shape index (κ1) is 11.0. The van der Waals surface area contributed by atoms with E-state index in [0.717, 1.165) is 5.69 Å². The predicted octanol–water partition coefficient (Wildman–Crippen LogP) is 1.37. The largest absolute Gasteiger partial charge is 0.391 e. The molecule has 0 aromatic carbocycles. The molecule has 0 saturated heterocycles. The maximum absolute atomic E-state index is 9.21. The van der Waals surface area contributed by atoms with Crippen molar-refractivity contribution < 1.29 is 5.11 Å².